The largest absolute Gasteiger partial charge is 0.244 e. The predicted molar refractivity (Wildman–Crippen MR) is 70.2 cm³/mol. The first-order valence-electron chi connectivity index (χ1n) is 6.18. The van der Waals surface area contributed by atoms with Crippen molar-refractivity contribution in [3.63, 3.8) is 0 Å². The Morgan fingerprint density at radius 3 is 2.89 bits per heavy atom. The molecule has 0 aliphatic heterocycles. The van der Waals surface area contributed by atoms with Crippen molar-refractivity contribution in [3.8, 4) is 0 Å². The summed E-state index contributed by atoms with van der Waals surface area (Å²) in [6.07, 6.45) is 4.04. The SMILES string of the molecule is CCc1nn(Cc2ccccc2F)c2ncncc12. The minimum Gasteiger partial charge on any atom is -0.244 e. The summed E-state index contributed by atoms with van der Waals surface area (Å²) < 4.78 is 15.4. The molecule has 0 saturated carbocycles. The first-order valence-corrected chi connectivity index (χ1v) is 6.18. The lowest BCUT2D eigenvalue weighted by Gasteiger charge is -2.04. The summed E-state index contributed by atoms with van der Waals surface area (Å²) in [5.74, 6) is -0.224. The van der Waals surface area contributed by atoms with Gasteiger partial charge in [0.15, 0.2) is 5.65 Å². The van der Waals surface area contributed by atoms with Crippen molar-refractivity contribution in [2.75, 3.05) is 0 Å². The molecular weight excluding hydrogens is 243 g/mol. The Morgan fingerprint density at radius 1 is 1.26 bits per heavy atom. The van der Waals surface area contributed by atoms with Gasteiger partial charge in [-0.15, -0.1) is 0 Å². The van der Waals surface area contributed by atoms with E-state index in [0.29, 0.717) is 12.1 Å². The van der Waals surface area contributed by atoms with Crippen LogP contribution in [0.2, 0.25) is 0 Å². The first-order chi connectivity index (χ1) is 9.29. The summed E-state index contributed by atoms with van der Waals surface area (Å²) in [7, 11) is 0. The van der Waals surface area contributed by atoms with E-state index >= 15 is 0 Å². The van der Waals surface area contributed by atoms with Crippen molar-refractivity contribution in [2.24, 2.45) is 0 Å². The van der Waals surface area contributed by atoms with Crippen LogP contribution in [-0.2, 0) is 13.0 Å². The molecular formula is C14H13FN4. The summed E-state index contributed by atoms with van der Waals surface area (Å²) in [6.45, 7) is 2.41. The summed E-state index contributed by atoms with van der Waals surface area (Å²) >= 11 is 0. The van der Waals surface area contributed by atoms with Crippen LogP contribution in [0.4, 0.5) is 4.39 Å². The predicted octanol–water partition coefficient (Wildman–Crippen LogP) is 2.58. The molecule has 5 heteroatoms. The normalized spacial score (nSPS) is 11.1. The smallest absolute Gasteiger partial charge is 0.161 e. The van der Waals surface area contributed by atoms with Crippen molar-refractivity contribution in [3.05, 3.63) is 53.9 Å². The quantitative estimate of drug-likeness (QED) is 0.723. The van der Waals surface area contributed by atoms with E-state index in [4.69, 9.17) is 0 Å². The molecule has 0 amide bonds. The minimum atomic E-state index is -0.224. The Labute approximate surface area is 109 Å². The van der Waals surface area contributed by atoms with Gasteiger partial charge in [-0.2, -0.15) is 5.10 Å². The summed E-state index contributed by atoms with van der Waals surface area (Å²) in [5.41, 5.74) is 2.29. The highest BCUT2D eigenvalue weighted by atomic mass is 19.1. The van der Waals surface area contributed by atoms with Gasteiger partial charge >= 0.3 is 0 Å². The van der Waals surface area contributed by atoms with Crippen LogP contribution in [0.25, 0.3) is 11.0 Å². The Hall–Kier alpha value is -2.30. The number of hydrogen-bond donors (Lipinski definition) is 0. The van der Waals surface area contributed by atoms with Crippen LogP contribution < -0.4 is 0 Å². The molecule has 96 valence electrons. The molecule has 0 radical (unpaired) electrons. The number of nitrogens with zero attached hydrogens (tertiary/aromatic N) is 4. The molecule has 3 aromatic rings. The molecule has 0 saturated heterocycles. The summed E-state index contributed by atoms with van der Waals surface area (Å²) in [6, 6.07) is 6.71. The maximum absolute atomic E-state index is 13.7. The van der Waals surface area contributed by atoms with Crippen LogP contribution in [-0.4, -0.2) is 19.7 Å². The number of benzene rings is 1. The van der Waals surface area contributed by atoms with E-state index in [9.17, 15) is 4.39 Å². The van der Waals surface area contributed by atoms with E-state index in [2.05, 4.69) is 15.1 Å². The minimum absolute atomic E-state index is 0.224. The van der Waals surface area contributed by atoms with Gasteiger partial charge in [0.2, 0.25) is 0 Å². The molecule has 1 aromatic carbocycles. The zero-order chi connectivity index (χ0) is 13.2. The van der Waals surface area contributed by atoms with Crippen molar-refractivity contribution in [1.82, 2.24) is 19.7 Å². The Balaban J connectivity index is 2.09. The highest BCUT2D eigenvalue weighted by Crippen LogP contribution is 2.17. The molecule has 0 aliphatic rings. The molecule has 0 fully saturated rings. The third-order valence-corrected chi connectivity index (χ3v) is 3.10. The van der Waals surface area contributed by atoms with Crippen molar-refractivity contribution < 1.29 is 4.39 Å². The molecule has 0 aliphatic carbocycles. The van der Waals surface area contributed by atoms with Gasteiger partial charge in [-0.05, 0) is 12.5 Å². The molecule has 2 heterocycles. The van der Waals surface area contributed by atoms with Crippen molar-refractivity contribution >= 4 is 11.0 Å². The zero-order valence-electron chi connectivity index (χ0n) is 10.5. The lowest BCUT2D eigenvalue weighted by molar-refractivity contribution is 0.587. The van der Waals surface area contributed by atoms with E-state index < -0.39 is 0 Å². The number of rotatable bonds is 3. The number of hydrogen-bond acceptors (Lipinski definition) is 3. The second kappa shape index (κ2) is 4.76. The highest BCUT2D eigenvalue weighted by Gasteiger charge is 2.11. The van der Waals surface area contributed by atoms with Gasteiger partial charge in [0.05, 0.1) is 17.6 Å². The maximum Gasteiger partial charge on any atom is 0.161 e. The molecule has 0 atom stereocenters. The average molecular weight is 256 g/mol. The molecule has 0 unspecified atom stereocenters. The van der Waals surface area contributed by atoms with Crippen LogP contribution in [0.3, 0.4) is 0 Å². The van der Waals surface area contributed by atoms with Crippen LogP contribution >= 0.6 is 0 Å². The average Bonchev–Trinajstić information content (AvgIpc) is 2.80. The van der Waals surface area contributed by atoms with Gasteiger partial charge < -0.3 is 0 Å². The number of aryl methyl sites for hydroxylation is 1. The Morgan fingerprint density at radius 2 is 2.11 bits per heavy atom. The molecule has 0 spiro atoms. The summed E-state index contributed by atoms with van der Waals surface area (Å²) in [4.78, 5) is 8.26. The highest BCUT2D eigenvalue weighted by molar-refractivity contribution is 5.77. The van der Waals surface area contributed by atoms with Gasteiger partial charge in [0.1, 0.15) is 12.1 Å². The van der Waals surface area contributed by atoms with Crippen LogP contribution in [0.15, 0.2) is 36.8 Å². The Kier molecular flexibility index (Phi) is 2.95. The van der Waals surface area contributed by atoms with Crippen molar-refractivity contribution in [1.29, 1.82) is 0 Å². The molecule has 19 heavy (non-hydrogen) atoms. The van der Waals surface area contributed by atoms with E-state index in [1.165, 1.54) is 12.4 Å². The zero-order valence-corrected chi connectivity index (χ0v) is 10.5. The lowest BCUT2D eigenvalue weighted by atomic mass is 10.2. The van der Waals surface area contributed by atoms with Crippen molar-refractivity contribution in [2.45, 2.75) is 19.9 Å². The molecule has 2 aromatic heterocycles. The topological polar surface area (TPSA) is 43.6 Å². The van der Waals surface area contributed by atoms with Gasteiger partial charge in [0.25, 0.3) is 0 Å². The number of halogens is 1. The van der Waals surface area contributed by atoms with E-state index in [1.807, 2.05) is 13.0 Å². The van der Waals surface area contributed by atoms with E-state index in [1.54, 1.807) is 23.0 Å². The van der Waals surface area contributed by atoms with Crippen LogP contribution in [0.5, 0.6) is 0 Å². The van der Waals surface area contributed by atoms with Crippen LogP contribution in [0.1, 0.15) is 18.2 Å². The third-order valence-electron chi connectivity index (χ3n) is 3.10. The standard InChI is InChI=1S/C14H13FN4/c1-2-13-11-7-16-9-17-14(11)19(18-13)8-10-5-3-4-6-12(10)15/h3-7,9H,2,8H2,1H3. The fraction of sp³-hybridized carbons (Fsp3) is 0.214. The van der Waals surface area contributed by atoms with E-state index in [0.717, 1.165) is 23.1 Å². The fourth-order valence-corrected chi connectivity index (χ4v) is 2.14. The second-order valence-electron chi connectivity index (χ2n) is 4.31. The lowest BCUT2D eigenvalue weighted by Crippen LogP contribution is -2.04. The van der Waals surface area contributed by atoms with Crippen LogP contribution in [0, 0.1) is 5.82 Å². The van der Waals surface area contributed by atoms with Gasteiger partial charge in [-0.1, -0.05) is 25.1 Å². The van der Waals surface area contributed by atoms with Gasteiger partial charge in [-0.3, -0.25) is 0 Å². The molecule has 4 nitrogen and oxygen atoms in total. The molecule has 0 bridgehead atoms. The van der Waals surface area contributed by atoms with E-state index in [-0.39, 0.29) is 5.82 Å². The summed E-state index contributed by atoms with van der Waals surface area (Å²) in [5, 5.41) is 5.42. The van der Waals surface area contributed by atoms with Gasteiger partial charge in [-0.25, -0.2) is 19.0 Å². The Bertz CT molecular complexity index is 720. The number of fused-ring (bicyclic) bond motifs is 1. The second-order valence-corrected chi connectivity index (χ2v) is 4.31. The first kappa shape index (κ1) is 11.8. The number of aromatic nitrogens is 4. The fourth-order valence-electron chi connectivity index (χ4n) is 2.14. The maximum atomic E-state index is 13.7. The third kappa shape index (κ3) is 2.07. The van der Waals surface area contributed by atoms with Gasteiger partial charge in [0, 0.05) is 11.8 Å². The monoisotopic (exact) mass is 256 g/mol. The molecule has 3 rings (SSSR count). The molecule has 0 N–H and O–H groups in total.